The van der Waals surface area contributed by atoms with Crippen LogP contribution in [0.3, 0.4) is 0 Å². The van der Waals surface area contributed by atoms with Crippen LogP contribution in [0.15, 0.2) is 0 Å². The zero-order valence-electron chi connectivity index (χ0n) is 8.99. The zero-order valence-corrected chi connectivity index (χ0v) is 9.80. The highest BCUT2D eigenvalue weighted by Gasteiger charge is 2.18. The molecule has 0 bridgehead atoms. The summed E-state index contributed by atoms with van der Waals surface area (Å²) in [4.78, 5) is 22.0. The third-order valence-corrected chi connectivity index (χ3v) is 2.42. The van der Waals surface area contributed by atoms with Gasteiger partial charge in [0, 0.05) is 13.5 Å². The third-order valence-electron chi connectivity index (χ3n) is 1.78. The minimum absolute atomic E-state index is 0.194. The summed E-state index contributed by atoms with van der Waals surface area (Å²) in [7, 11) is 1.50. The van der Waals surface area contributed by atoms with E-state index >= 15 is 0 Å². The van der Waals surface area contributed by atoms with Crippen LogP contribution in [0.5, 0.6) is 0 Å². The van der Waals surface area contributed by atoms with Crippen LogP contribution in [0, 0.1) is 0 Å². The Hall–Kier alpha value is -0.750. The lowest BCUT2D eigenvalue weighted by atomic mass is 10.2. The summed E-state index contributed by atoms with van der Waals surface area (Å²) in [5, 5.41) is 11.3. The Bertz CT molecular complexity index is 210. The van der Waals surface area contributed by atoms with Crippen LogP contribution >= 0.6 is 11.8 Å². The number of hydrogen-bond acceptors (Lipinski definition) is 4. The van der Waals surface area contributed by atoms with Crippen molar-refractivity contribution in [3.63, 3.8) is 0 Å². The molecule has 5 nitrogen and oxygen atoms in total. The second-order valence-electron chi connectivity index (χ2n) is 2.98. The molecule has 0 spiro atoms. The van der Waals surface area contributed by atoms with E-state index in [1.54, 1.807) is 11.8 Å². The zero-order chi connectivity index (χ0) is 11.7. The van der Waals surface area contributed by atoms with Gasteiger partial charge in [-0.05, 0) is 18.4 Å². The predicted octanol–water partition coefficient (Wildman–Crippen LogP) is 0.345. The highest BCUT2D eigenvalue weighted by Crippen LogP contribution is 2.01. The lowest BCUT2D eigenvalue weighted by molar-refractivity contribution is -0.142. The quantitative estimate of drug-likeness (QED) is 0.634. The highest BCUT2D eigenvalue weighted by atomic mass is 32.2. The van der Waals surface area contributed by atoms with Crippen LogP contribution in [-0.2, 0) is 14.3 Å². The normalized spacial score (nSPS) is 12.1. The molecular weight excluding hydrogens is 218 g/mol. The number of carboxylic acids is 1. The summed E-state index contributed by atoms with van der Waals surface area (Å²) in [5.74, 6) is -0.568. The van der Waals surface area contributed by atoms with Gasteiger partial charge < -0.3 is 15.2 Å². The van der Waals surface area contributed by atoms with E-state index in [2.05, 4.69) is 5.32 Å². The van der Waals surface area contributed by atoms with Gasteiger partial charge >= 0.3 is 5.97 Å². The number of hydrogen-bond donors (Lipinski definition) is 2. The predicted molar refractivity (Wildman–Crippen MR) is 59.1 cm³/mol. The van der Waals surface area contributed by atoms with Crippen molar-refractivity contribution in [1.82, 2.24) is 5.32 Å². The van der Waals surface area contributed by atoms with Crippen molar-refractivity contribution in [1.29, 1.82) is 0 Å². The first-order valence-corrected chi connectivity index (χ1v) is 6.01. The summed E-state index contributed by atoms with van der Waals surface area (Å²) < 4.78 is 4.72. The molecule has 0 aromatic rings. The lowest BCUT2D eigenvalue weighted by Gasteiger charge is -2.13. The number of thioether (sulfide) groups is 1. The Labute approximate surface area is 93.6 Å². The number of ether oxygens (including phenoxy) is 1. The molecule has 2 N–H and O–H groups in total. The average Bonchev–Trinajstić information content (AvgIpc) is 2.20. The van der Waals surface area contributed by atoms with Gasteiger partial charge in [0.25, 0.3) is 0 Å². The van der Waals surface area contributed by atoms with Crippen LogP contribution in [0.25, 0.3) is 0 Å². The van der Waals surface area contributed by atoms with Gasteiger partial charge in [-0.25, -0.2) is 4.79 Å². The summed E-state index contributed by atoms with van der Waals surface area (Å²) in [6.07, 6.45) is 2.53. The summed E-state index contributed by atoms with van der Waals surface area (Å²) in [6, 6.07) is -0.790. The van der Waals surface area contributed by atoms with Crippen LogP contribution in [0.2, 0.25) is 0 Å². The Kier molecular flexibility index (Phi) is 8.12. The van der Waals surface area contributed by atoms with Crippen molar-refractivity contribution in [2.24, 2.45) is 0 Å². The molecule has 0 fully saturated rings. The van der Waals surface area contributed by atoms with Crippen molar-refractivity contribution in [3.8, 4) is 0 Å². The number of nitrogens with one attached hydrogen (secondary N) is 1. The second kappa shape index (κ2) is 8.55. The molecule has 0 aliphatic rings. The number of aliphatic carboxylic acids is 1. The van der Waals surface area contributed by atoms with Gasteiger partial charge in [-0.1, -0.05) is 0 Å². The van der Waals surface area contributed by atoms with Gasteiger partial charge in [0.15, 0.2) is 0 Å². The molecule has 0 radical (unpaired) electrons. The number of carbonyl (C=O) groups excluding carboxylic acids is 1. The van der Waals surface area contributed by atoms with E-state index in [-0.39, 0.29) is 12.3 Å². The molecule has 1 atom stereocenters. The van der Waals surface area contributed by atoms with E-state index in [0.29, 0.717) is 18.8 Å². The molecule has 0 aliphatic carbocycles. The standard InChI is InChI=1S/C9H17NO4S/c1-14-5-3-8(11)10-7(9(12)13)4-6-15-2/h7H,3-6H2,1-2H3,(H,10,11)(H,12,13)/t7-/m1/s1. The van der Waals surface area contributed by atoms with Crippen LogP contribution in [0.4, 0.5) is 0 Å². The molecule has 0 aromatic carbocycles. The van der Waals surface area contributed by atoms with E-state index in [1.807, 2.05) is 6.26 Å². The number of carbonyl (C=O) groups is 2. The minimum Gasteiger partial charge on any atom is -0.480 e. The Morgan fingerprint density at radius 3 is 2.67 bits per heavy atom. The van der Waals surface area contributed by atoms with Gasteiger partial charge in [0.05, 0.1) is 6.61 Å². The Balaban J connectivity index is 3.93. The van der Waals surface area contributed by atoms with E-state index in [4.69, 9.17) is 9.84 Å². The van der Waals surface area contributed by atoms with Gasteiger partial charge in [-0.15, -0.1) is 0 Å². The monoisotopic (exact) mass is 235 g/mol. The fourth-order valence-corrected chi connectivity index (χ4v) is 1.43. The fraction of sp³-hybridized carbons (Fsp3) is 0.778. The Morgan fingerprint density at radius 2 is 2.20 bits per heavy atom. The molecule has 15 heavy (non-hydrogen) atoms. The van der Waals surface area contributed by atoms with Crippen LogP contribution < -0.4 is 5.32 Å². The van der Waals surface area contributed by atoms with E-state index < -0.39 is 12.0 Å². The lowest BCUT2D eigenvalue weighted by Crippen LogP contribution is -2.41. The molecular formula is C9H17NO4S. The molecule has 0 aromatic heterocycles. The summed E-state index contributed by atoms with van der Waals surface area (Å²) in [6.45, 7) is 0.306. The van der Waals surface area contributed by atoms with Gasteiger partial charge in [-0.3, -0.25) is 4.79 Å². The van der Waals surface area contributed by atoms with E-state index in [9.17, 15) is 9.59 Å². The third kappa shape index (κ3) is 7.21. The SMILES string of the molecule is COCCC(=O)N[C@H](CCSC)C(=O)O. The van der Waals surface area contributed by atoms with Gasteiger partial charge in [0.1, 0.15) is 6.04 Å². The molecule has 0 rings (SSSR count). The fourth-order valence-electron chi connectivity index (χ4n) is 0.954. The highest BCUT2D eigenvalue weighted by molar-refractivity contribution is 7.98. The second-order valence-corrected chi connectivity index (χ2v) is 3.97. The number of methoxy groups -OCH3 is 1. The molecule has 88 valence electrons. The molecule has 0 heterocycles. The summed E-state index contributed by atoms with van der Waals surface area (Å²) in [5.41, 5.74) is 0. The van der Waals surface area contributed by atoms with E-state index in [1.165, 1.54) is 7.11 Å². The minimum atomic E-state index is -0.991. The van der Waals surface area contributed by atoms with Crippen molar-refractivity contribution >= 4 is 23.6 Å². The smallest absolute Gasteiger partial charge is 0.326 e. The first kappa shape index (κ1) is 14.2. The van der Waals surface area contributed by atoms with Gasteiger partial charge in [0.2, 0.25) is 5.91 Å². The number of amides is 1. The van der Waals surface area contributed by atoms with Gasteiger partial charge in [-0.2, -0.15) is 11.8 Å². The van der Waals surface area contributed by atoms with Crippen LogP contribution in [0.1, 0.15) is 12.8 Å². The van der Waals surface area contributed by atoms with Crippen molar-refractivity contribution < 1.29 is 19.4 Å². The molecule has 0 saturated carbocycles. The average molecular weight is 235 g/mol. The molecule has 6 heteroatoms. The molecule has 1 amide bonds. The van der Waals surface area contributed by atoms with Crippen molar-refractivity contribution in [2.75, 3.05) is 25.7 Å². The Morgan fingerprint density at radius 1 is 1.53 bits per heavy atom. The van der Waals surface area contributed by atoms with Crippen molar-refractivity contribution in [2.45, 2.75) is 18.9 Å². The maximum atomic E-state index is 11.2. The molecule has 0 aliphatic heterocycles. The van der Waals surface area contributed by atoms with E-state index in [0.717, 1.165) is 0 Å². The largest absolute Gasteiger partial charge is 0.480 e. The first-order valence-electron chi connectivity index (χ1n) is 4.61. The topological polar surface area (TPSA) is 75.6 Å². The maximum Gasteiger partial charge on any atom is 0.326 e. The number of carboxylic acid groups (broad SMARTS) is 1. The number of rotatable bonds is 8. The maximum absolute atomic E-state index is 11.2. The first-order chi connectivity index (χ1) is 7.11. The molecule has 0 saturated heterocycles. The summed E-state index contributed by atoms with van der Waals surface area (Å²) >= 11 is 1.55. The molecule has 0 unspecified atom stereocenters. The van der Waals surface area contributed by atoms with Crippen LogP contribution in [-0.4, -0.2) is 48.8 Å². The van der Waals surface area contributed by atoms with Crippen molar-refractivity contribution in [3.05, 3.63) is 0 Å².